The molecule has 0 aromatic heterocycles. The first-order valence-corrected chi connectivity index (χ1v) is 6.48. The van der Waals surface area contributed by atoms with Crippen LogP contribution in [0.2, 0.25) is 0 Å². The van der Waals surface area contributed by atoms with Crippen molar-refractivity contribution in [2.24, 2.45) is 0 Å². The minimum atomic E-state index is -0.364. The summed E-state index contributed by atoms with van der Waals surface area (Å²) in [6, 6.07) is 0. The molecule has 0 unspecified atom stereocenters. The van der Waals surface area contributed by atoms with Gasteiger partial charge in [-0.05, 0) is 19.3 Å². The summed E-state index contributed by atoms with van der Waals surface area (Å²) in [5.41, 5.74) is 0. The molecule has 0 radical (unpaired) electrons. The maximum Gasteiger partial charge on any atom is 0.159 e. The van der Waals surface area contributed by atoms with E-state index in [1.54, 1.807) is 0 Å². The zero-order valence-electron chi connectivity index (χ0n) is 10.9. The topological polar surface area (TPSA) is 88.4 Å². The van der Waals surface area contributed by atoms with Gasteiger partial charge in [-0.2, -0.15) is 0 Å². The fourth-order valence-corrected chi connectivity index (χ4v) is 1.22. The van der Waals surface area contributed by atoms with Gasteiger partial charge >= 0.3 is 0 Å². The quantitative estimate of drug-likeness (QED) is 0.300. The Balaban J connectivity index is 3.60. The Kier molecular flexibility index (Phi) is 14.6. The largest absolute Gasteiger partial charge is 0.396 e. The first-order valence-electron chi connectivity index (χ1n) is 6.48. The van der Waals surface area contributed by atoms with Gasteiger partial charge in [-0.15, -0.1) is 0 Å². The van der Waals surface area contributed by atoms with Crippen LogP contribution < -0.4 is 0 Å². The minimum absolute atomic E-state index is 0.0936. The Bertz CT molecular complexity index is 146. The predicted molar refractivity (Wildman–Crippen MR) is 66.2 cm³/mol. The predicted octanol–water partition coefficient (Wildman–Crippen LogP) is -0.100. The Labute approximate surface area is 108 Å². The summed E-state index contributed by atoms with van der Waals surface area (Å²) in [4.78, 5) is 0. The number of hydrogen-bond donors (Lipinski definition) is 3. The van der Waals surface area contributed by atoms with E-state index < -0.39 is 0 Å². The molecule has 0 saturated heterocycles. The van der Waals surface area contributed by atoms with Crippen LogP contribution >= 0.6 is 0 Å². The van der Waals surface area contributed by atoms with E-state index in [1.165, 1.54) is 0 Å². The fourth-order valence-electron chi connectivity index (χ4n) is 1.22. The summed E-state index contributed by atoms with van der Waals surface area (Å²) in [7, 11) is 0. The van der Waals surface area contributed by atoms with Crippen molar-refractivity contribution >= 4 is 0 Å². The number of aliphatic hydroxyl groups is 3. The van der Waals surface area contributed by atoms with Crippen LogP contribution in [0.25, 0.3) is 0 Å². The molecular weight excluding hydrogens is 240 g/mol. The van der Waals surface area contributed by atoms with Crippen LogP contribution in [0.5, 0.6) is 0 Å². The fraction of sp³-hybridized carbons (Fsp3) is 1.00. The minimum Gasteiger partial charge on any atom is -0.396 e. The smallest absolute Gasteiger partial charge is 0.159 e. The van der Waals surface area contributed by atoms with E-state index in [0.717, 1.165) is 0 Å². The second kappa shape index (κ2) is 14.8. The summed E-state index contributed by atoms with van der Waals surface area (Å²) in [6.45, 7) is 2.23. The van der Waals surface area contributed by atoms with Gasteiger partial charge in [0.2, 0.25) is 0 Å². The van der Waals surface area contributed by atoms with Crippen LogP contribution in [0, 0.1) is 0 Å². The molecule has 0 aliphatic rings. The highest BCUT2D eigenvalue weighted by Gasteiger charge is 2.09. The summed E-state index contributed by atoms with van der Waals surface area (Å²) in [6.07, 6.45) is 2.01. The molecule has 18 heavy (non-hydrogen) atoms. The lowest BCUT2D eigenvalue weighted by Gasteiger charge is -2.18. The molecule has 0 rings (SSSR count). The van der Waals surface area contributed by atoms with Gasteiger partial charge in [0, 0.05) is 32.8 Å². The highest BCUT2D eigenvalue weighted by atomic mass is 16.7. The van der Waals surface area contributed by atoms with Crippen molar-refractivity contribution < 1.29 is 29.5 Å². The lowest BCUT2D eigenvalue weighted by molar-refractivity contribution is -0.155. The molecule has 0 fully saturated rings. The molecule has 0 aliphatic carbocycles. The molecule has 6 nitrogen and oxygen atoms in total. The van der Waals surface area contributed by atoms with Crippen molar-refractivity contribution in [3.05, 3.63) is 0 Å². The molecule has 0 spiro atoms. The van der Waals surface area contributed by atoms with Crippen molar-refractivity contribution in [1.82, 2.24) is 0 Å². The first-order chi connectivity index (χ1) is 8.85. The first kappa shape index (κ1) is 17.8. The van der Waals surface area contributed by atoms with Crippen molar-refractivity contribution in [1.29, 1.82) is 0 Å². The van der Waals surface area contributed by atoms with E-state index in [4.69, 9.17) is 29.5 Å². The number of rotatable bonds is 14. The lowest BCUT2D eigenvalue weighted by Crippen LogP contribution is -2.21. The summed E-state index contributed by atoms with van der Waals surface area (Å²) >= 11 is 0. The Morgan fingerprint density at radius 3 is 1.67 bits per heavy atom. The van der Waals surface area contributed by atoms with E-state index in [9.17, 15) is 0 Å². The molecule has 0 aromatic carbocycles. The third-order valence-corrected chi connectivity index (χ3v) is 2.16. The molecule has 6 heteroatoms. The lowest BCUT2D eigenvalue weighted by atomic mass is 10.4. The summed E-state index contributed by atoms with van der Waals surface area (Å²) in [5.74, 6) is 0. The Morgan fingerprint density at radius 1 is 0.667 bits per heavy atom. The number of ether oxygens (including phenoxy) is 3. The average Bonchev–Trinajstić information content (AvgIpc) is 2.38. The molecule has 0 amide bonds. The van der Waals surface area contributed by atoms with Crippen LogP contribution in [-0.4, -0.2) is 67.9 Å². The molecule has 0 atom stereocenters. The third-order valence-electron chi connectivity index (χ3n) is 2.16. The molecule has 110 valence electrons. The highest BCUT2D eigenvalue weighted by Crippen LogP contribution is 2.03. The van der Waals surface area contributed by atoms with Gasteiger partial charge in [0.15, 0.2) is 6.29 Å². The Hall–Kier alpha value is -0.240. The van der Waals surface area contributed by atoms with E-state index in [1.807, 2.05) is 0 Å². The maximum absolute atomic E-state index is 8.66. The number of aliphatic hydroxyl groups excluding tert-OH is 3. The van der Waals surface area contributed by atoms with Crippen molar-refractivity contribution in [3.63, 3.8) is 0 Å². The van der Waals surface area contributed by atoms with Gasteiger partial charge in [-0.3, -0.25) is 0 Å². The molecule has 3 N–H and O–H groups in total. The second-order valence-corrected chi connectivity index (χ2v) is 3.80. The summed E-state index contributed by atoms with van der Waals surface area (Å²) < 4.78 is 16.2. The van der Waals surface area contributed by atoms with E-state index >= 15 is 0 Å². The van der Waals surface area contributed by atoms with Crippen LogP contribution in [0.1, 0.15) is 25.7 Å². The molecule has 0 aromatic rings. The van der Waals surface area contributed by atoms with Gasteiger partial charge in [-0.1, -0.05) is 0 Å². The van der Waals surface area contributed by atoms with E-state index in [-0.39, 0.29) is 26.1 Å². The standard InChI is InChI=1S/C12H26O6/c13-5-1-8-16-11-4-12(17-9-2-6-14)18-10-3-7-15/h12-15H,1-11H2. The monoisotopic (exact) mass is 266 g/mol. The highest BCUT2D eigenvalue weighted by molar-refractivity contribution is 4.47. The average molecular weight is 266 g/mol. The van der Waals surface area contributed by atoms with E-state index in [0.29, 0.717) is 52.1 Å². The molecule has 0 saturated carbocycles. The molecule has 0 bridgehead atoms. The van der Waals surface area contributed by atoms with Crippen molar-refractivity contribution in [3.8, 4) is 0 Å². The molecular formula is C12H26O6. The van der Waals surface area contributed by atoms with Gasteiger partial charge in [0.25, 0.3) is 0 Å². The zero-order valence-corrected chi connectivity index (χ0v) is 10.9. The van der Waals surface area contributed by atoms with Crippen LogP contribution in [-0.2, 0) is 14.2 Å². The second-order valence-electron chi connectivity index (χ2n) is 3.80. The zero-order chi connectivity index (χ0) is 13.5. The van der Waals surface area contributed by atoms with Gasteiger partial charge in [0.05, 0.1) is 19.8 Å². The molecule has 0 aliphatic heterocycles. The van der Waals surface area contributed by atoms with Gasteiger partial charge in [0.1, 0.15) is 0 Å². The van der Waals surface area contributed by atoms with Crippen LogP contribution in [0.15, 0.2) is 0 Å². The third kappa shape index (κ3) is 12.2. The SMILES string of the molecule is OCCCOCCC(OCCCO)OCCCO. The maximum atomic E-state index is 8.66. The van der Waals surface area contributed by atoms with Crippen LogP contribution in [0.4, 0.5) is 0 Å². The van der Waals surface area contributed by atoms with Gasteiger partial charge < -0.3 is 29.5 Å². The normalized spacial score (nSPS) is 11.3. The summed E-state index contributed by atoms with van der Waals surface area (Å²) in [5, 5.41) is 25.9. The molecule has 0 heterocycles. The van der Waals surface area contributed by atoms with Crippen molar-refractivity contribution in [2.75, 3.05) is 46.2 Å². The Morgan fingerprint density at radius 2 is 1.17 bits per heavy atom. The van der Waals surface area contributed by atoms with Crippen molar-refractivity contribution in [2.45, 2.75) is 32.0 Å². The number of hydrogen-bond acceptors (Lipinski definition) is 6. The van der Waals surface area contributed by atoms with Crippen LogP contribution in [0.3, 0.4) is 0 Å². The van der Waals surface area contributed by atoms with E-state index in [2.05, 4.69) is 0 Å². The van der Waals surface area contributed by atoms with Gasteiger partial charge in [-0.25, -0.2) is 0 Å².